The van der Waals surface area contributed by atoms with Crippen molar-refractivity contribution in [2.75, 3.05) is 34.9 Å². The molecule has 0 aliphatic carbocycles. The monoisotopic (exact) mass is 1050 g/mol. The zero-order chi connectivity index (χ0) is 55.4. The molecule has 22 unspecified atom stereocenters. The molecular formula is C49H81NO23. The molecule has 0 aromatic heterocycles. The van der Waals surface area contributed by atoms with E-state index in [9.17, 15) is 49.5 Å². The fourth-order valence-electron chi connectivity index (χ4n) is 9.46. The number of aliphatic carboxylic acids is 2. The van der Waals surface area contributed by atoms with Crippen LogP contribution in [0.15, 0.2) is 23.8 Å². The number of methoxy groups -OCH3 is 2. The lowest BCUT2D eigenvalue weighted by atomic mass is 9.81. The van der Waals surface area contributed by atoms with Gasteiger partial charge in [-0.05, 0) is 67.6 Å². The van der Waals surface area contributed by atoms with E-state index in [4.69, 9.17) is 63.1 Å². The lowest BCUT2D eigenvalue weighted by molar-refractivity contribution is -0.341. The van der Waals surface area contributed by atoms with Crippen molar-refractivity contribution >= 4 is 30.0 Å². The predicted octanol–water partition coefficient (Wildman–Crippen LogP) is -0.679. The number of esters is 1. The van der Waals surface area contributed by atoms with Gasteiger partial charge >= 0.3 is 17.9 Å². The fraction of sp³-hybridized carbons (Fsp3) is 0.816. The summed E-state index contributed by atoms with van der Waals surface area (Å²) in [5, 5.41) is 88.1. The Labute approximate surface area is 426 Å². The van der Waals surface area contributed by atoms with Crippen LogP contribution < -0.4 is 0 Å². The molecule has 0 amide bonds. The summed E-state index contributed by atoms with van der Waals surface area (Å²) in [6.07, 6.45) is -13.6. The van der Waals surface area contributed by atoms with E-state index in [-0.39, 0.29) is 25.2 Å². The highest BCUT2D eigenvalue weighted by Gasteiger charge is 2.52. The molecule has 0 aromatic rings. The van der Waals surface area contributed by atoms with Crippen molar-refractivity contribution in [2.24, 2.45) is 23.7 Å². The van der Waals surface area contributed by atoms with Crippen LogP contribution in [0, 0.1) is 23.7 Å². The Morgan fingerprint density at radius 2 is 1.42 bits per heavy atom. The van der Waals surface area contributed by atoms with Crippen LogP contribution in [-0.4, -0.2) is 232 Å². The quantitative estimate of drug-likeness (QED) is 0.0725. The first kappa shape index (κ1) is 63.9. The van der Waals surface area contributed by atoms with Crippen molar-refractivity contribution < 1.29 is 113 Å². The first-order chi connectivity index (χ1) is 34.0. The lowest BCUT2D eigenvalue weighted by Crippen LogP contribution is -2.65. The Bertz CT molecular complexity index is 1830. The number of ether oxygens (including phenoxy) is 9. The van der Waals surface area contributed by atoms with Gasteiger partial charge in [0.05, 0.1) is 55.2 Å². The van der Waals surface area contributed by atoms with Gasteiger partial charge in [0.1, 0.15) is 49.0 Å². The maximum atomic E-state index is 13.7. The summed E-state index contributed by atoms with van der Waals surface area (Å²) in [6.45, 7) is 13.5. The van der Waals surface area contributed by atoms with Crippen molar-refractivity contribution in [1.29, 1.82) is 0 Å². The Morgan fingerprint density at radius 1 is 0.836 bits per heavy atom. The molecule has 23 atom stereocenters. The number of carbonyl (C=O) groups excluding carboxylic acids is 3. The number of aldehydes is 1. The Hall–Kier alpha value is -3.41. The third-order valence-corrected chi connectivity index (χ3v) is 13.9. The second-order valence-corrected chi connectivity index (χ2v) is 19.9. The number of rotatable bonds is 15. The smallest absolute Gasteiger partial charge is 0.335 e. The molecule has 24 nitrogen and oxygen atoms in total. The third kappa shape index (κ3) is 17.0. The molecule has 24 heteroatoms. The highest BCUT2D eigenvalue weighted by atomic mass is 16.7. The van der Waals surface area contributed by atoms with Gasteiger partial charge in [0.25, 0.3) is 0 Å². The SMILES string of the molecule is CCC1OC(=O)CC(O)C(C)C(OC2OC(C)C(OC3C[C@@](C)(O)C(O)C(C)O3)C(N(C)C)C2O)C(C=O)CC(C)C(=O)C=CC(C)=CC1COC1OC(C)C(O)C(OC)C1OC.O=C(O)C(O)C(O)C(=O)O. The summed E-state index contributed by atoms with van der Waals surface area (Å²) in [5.74, 6) is -7.68. The summed E-state index contributed by atoms with van der Waals surface area (Å²) in [4.78, 5) is 61.5. The van der Waals surface area contributed by atoms with Gasteiger partial charge in [0.15, 0.2) is 36.9 Å². The molecule has 4 aliphatic heterocycles. The maximum Gasteiger partial charge on any atom is 0.335 e. The van der Waals surface area contributed by atoms with Crippen LogP contribution >= 0.6 is 0 Å². The number of aliphatic hydroxyl groups is 7. The van der Waals surface area contributed by atoms with E-state index >= 15 is 0 Å². The van der Waals surface area contributed by atoms with Gasteiger partial charge < -0.3 is 98.3 Å². The highest BCUT2D eigenvalue weighted by Crippen LogP contribution is 2.37. The van der Waals surface area contributed by atoms with Gasteiger partial charge in [-0.2, -0.15) is 0 Å². The van der Waals surface area contributed by atoms with Crippen LogP contribution in [0.1, 0.15) is 81.1 Å². The van der Waals surface area contributed by atoms with E-state index < -0.39 is 164 Å². The zero-order valence-electron chi connectivity index (χ0n) is 43.7. The first-order valence-electron chi connectivity index (χ1n) is 24.5. The summed E-state index contributed by atoms with van der Waals surface area (Å²) >= 11 is 0. The summed E-state index contributed by atoms with van der Waals surface area (Å²) in [7, 11) is 6.40. The molecule has 9 N–H and O–H groups in total. The number of aliphatic hydroxyl groups excluding tert-OH is 6. The molecule has 4 heterocycles. The minimum absolute atomic E-state index is 0.0117. The number of cyclic esters (lactones) is 1. The van der Waals surface area contributed by atoms with Crippen LogP contribution in [0.2, 0.25) is 0 Å². The van der Waals surface area contributed by atoms with E-state index in [1.165, 1.54) is 27.2 Å². The van der Waals surface area contributed by atoms with E-state index in [2.05, 4.69) is 0 Å². The number of allylic oxidation sites excluding steroid dienone is 3. The highest BCUT2D eigenvalue weighted by molar-refractivity contribution is 5.92. The molecular weight excluding hydrogens is 971 g/mol. The summed E-state index contributed by atoms with van der Waals surface area (Å²) in [5.41, 5.74) is -0.826. The molecule has 0 spiro atoms. The van der Waals surface area contributed by atoms with Gasteiger partial charge in [-0.1, -0.05) is 38.5 Å². The minimum Gasteiger partial charge on any atom is -0.479 e. The number of likely N-dealkylation sites (N-methyl/N-ethyl adjacent to an activating group) is 1. The predicted molar refractivity (Wildman–Crippen MR) is 253 cm³/mol. The lowest BCUT2D eigenvalue weighted by Gasteiger charge is -2.50. The van der Waals surface area contributed by atoms with Crippen LogP contribution in [0.5, 0.6) is 0 Å². The van der Waals surface area contributed by atoms with E-state index in [0.29, 0.717) is 18.3 Å². The molecule has 3 fully saturated rings. The average molecular weight is 1050 g/mol. The van der Waals surface area contributed by atoms with Crippen molar-refractivity contribution in [1.82, 2.24) is 4.90 Å². The van der Waals surface area contributed by atoms with E-state index in [1.807, 2.05) is 13.0 Å². The molecule has 4 rings (SSSR count). The maximum absolute atomic E-state index is 13.7. The second-order valence-electron chi connectivity index (χ2n) is 19.9. The summed E-state index contributed by atoms with van der Waals surface area (Å²) < 4.78 is 54.4. The van der Waals surface area contributed by atoms with Crippen molar-refractivity contribution in [3.8, 4) is 0 Å². The summed E-state index contributed by atoms with van der Waals surface area (Å²) in [6, 6.07) is -0.767. The molecule has 4 aliphatic rings. The molecule has 420 valence electrons. The van der Waals surface area contributed by atoms with Gasteiger partial charge in [0.2, 0.25) is 0 Å². The zero-order valence-corrected chi connectivity index (χ0v) is 43.7. The van der Waals surface area contributed by atoms with Crippen molar-refractivity contribution in [3.05, 3.63) is 23.8 Å². The number of carboxylic acid groups (broad SMARTS) is 2. The van der Waals surface area contributed by atoms with E-state index in [0.717, 1.165) is 0 Å². The molecule has 0 aromatic carbocycles. The Morgan fingerprint density at radius 3 is 1.95 bits per heavy atom. The number of hydrogen-bond donors (Lipinski definition) is 9. The number of carboxylic acids is 2. The molecule has 0 saturated carbocycles. The first-order valence-corrected chi connectivity index (χ1v) is 24.5. The van der Waals surface area contributed by atoms with Gasteiger partial charge in [0, 0.05) is 44.3 Å². The molecule has 73 heavy (non-hydrogen) atoms. The number of carbonyl (C=O) groups is 5. The van der Waals surface area contributed by atoms with Crippen LogP contribution in [0.25, 0.3) is 0 Å². The van der Waals surface area contributed by atoms with Crippen LogP contribution in [-0.2, 0) is 66.6 Å². The van der Waals surface area contributed by atoms with Gasteiger partial charge in [-0.25, -0.2) is 9.59 Å². The Balaban J connectivity index is 0.00000126. The third-order valence-electron chi connectivity index (χ3n) is 13.9. The normalized spacial score (nSPS) is 41.1. The van der Waals surface area contributed by atoms with E-state index in [1.54, 1.807) is 66.6 Å². The second kappa shape index (κ2) is 28.6. The van der Waals surface area contributed by atoms with Crippen molar-refractivity contribution in [2.45, 2.75) is 197 Å². The topological polar surface area (TPSA) is 354 Å². The number of ketones is 1. The molecule has 3 saturated heterocycles. The molecule has 0 bridgehead atoms. The minimum atomic E-state index is -2.27. The molecule has 0 radical (unpaired) electrons. The van der Waals surface area contributed by atoms with Gasteiger partial charge in [-0.15, -0.1) is 0 Å². The average Bonchev–Trinajstić information content (AvgIpc) is 3.32. The largest absolute Gasteiger partial charge is 0.479 e. The van der Waals surface area contributed by atoms with Crippen molar-refractivity contribution in [3.63, 3.8) is 0 Å². The van der Waals surface area contributed by atoms with Crippen LogP contribution in [0.4, 0.5) is 0 Å². The standard InChI is InChI=1S/C45H75NO17.C4H6O6/c1-13-32-29(21-57-44-41(56-12)40(55-11)36(51)25(5)59-44)16-22(2)14-15-30(48)23(3)17-28(20-47)38(24(4)31(49)18-33(50)61-32)63-43-37(52)35(46(9)10)39(26(6)60-43)62-34-19-45(8,54)42(53)27(7)58-34;5-1(3(7)8)2(6)4(9)10/h14-16,20,23-29,31-32,34-44,49,51-54H,13,17-19,21H2,1-12H3;1-2,5-6H,(H,7,8)(H,9,10)/t23?,24?,25?,26?,27?,28?,29?,31?,32?,34?,35?,36?,37?,38?,39?,40?,41?,42?,43?,44?,45-;/m1./s1. The fourth-order valence-corrected chi connectivity index (χ4v) is 9.46. The Kier molecular flexibility index (Phi) is 25.1. The van der Waals surface area contributed by atoms with Gasteiger partial charge in [-0.3, -0.25) is 9.59 Å². The number of nitrogens with zero attached hydrogens (tertiary/aromatic N) is 1. The number of hydrogen-bond acceptors (Lipinski definition) is 22. The van der Waals surface area contributed by atoms with Crippen LogP contribution in [0.3, 0.4) is 0 Å².